The van der Waals surface area contributed by atoms with Crippen LogP contribution in [0.4, 0.5) is 5.69 Å². The third-order valence-corrected chi connectivity index (χ3v) is 2.87. The Hall–Kier alpha value is -2.82. The van der Waals surface area contributed by atoms with E-state index in [1.165, 1.54) is 0 Å². The van der Waals surface area contributed by atoms with Gasteiger partial charge in [0.25, 0.3) is 11.8 Å². The van der Waals surface area contributed by atoms with Crippen molar-refractivity contribution in [2.45, 2.75) is 13.0 Å². The lowest BCUT2D eigenvalue weighted by Crippen LogP contribution is -2.30. The number of hydrogen-bond acceptors (Lipinski definition) is 3. The van der Waals surface area contributed by atoms with Crippen molar-refractivity contribution in [1.82, 2.24) is 0 Å². The number of hydrogen-bond donors (Lipinski definition) is 2. The summed E-state index contributed by atoms with van der Waals surface area (Å²) in [6.07, 6.45) is -0.759. The highest BCUT2D eigenvalue weighted by atomic mass is 16.5. The van der Waals surface area contributed by atoms with Gasteiger partial charge in [0.05, 0.1) is 5.56 Å². The first kappa shape index (κ1) is 14.6. The Morgan fingerprint density at radius 1 is 1.05 bits per heavy atom. The second-order valence-corrected chi connectivity index (χ2v) is 4.48. The fourth-order valence-electron chi connectivity index (χ4n) is 1.78. The van der Waals surface area contributed by atoms with Gasteiger partial charge in [-0.05, 0) is 31.2 Å². The summed E-state index contributed by atoms with van der Waals surface area (Å²) in [7, 11) is 0. The lowest BCUT2D eigenvalue weighted by Gasteiger charge is -2.16. The average Bonchev–Trinajstić information content (AvgIpc) is 2.48. The zero-order valence-corrected chi connectivity index (χ0v) is 11.6. The molecule has 0 radical (unpaired) electrons. The van der Waals surface area contributed by atoms with Crippen molar-refractivity contribution in [2.24, 2.45) is 5.73 Å². The van der Waals surface area contributed by atoms with Crippen LogP contribution in [0.25, 0.3) is 0 Å². The number of carbonyl (C=O) groups is 2. The number of carbonyl (C=O) groups excluding carboxylic acids is 2. The first-order valence-electron chi connectivity index (χ1n) is 6.49. The van der Waals surface area contributed by atoms with E-state index >= 15 is 0 Å². The fraction of sp³-hybridized carbons (Fsp3) is 0.125. The highest BCUT2D eigenvalue weighted by Crippen LogP contribution is 2.19. The van der Waals surface area contributed by atoms with Crippen molar-refractivity contribution in [2.75, 3.05) is 5.32 Å². The molecule has 1 unspecified atom stereocenters. The first-order chi connectivity index (χ1) is 10.1. The number of nitrogens with one attached hydrogen (secondary N) is 1. The smallest absolute Gasteiger partial charge is 0.265 e. The molecule has 108 valence electrons. The summed E-state index contributed by atoms with van der Waals surface area (Å²) in [6, 6.07) is 15.6. The third kappa shape index (κ3) is 3.82. The highest BCUT2D eigenvalue weighted by Gasteiger charge is 2.17. The Kier molecular flexibility index (Phi) is 4.56. The summed E-state index contributed by atoms with van der Waals surface area (Å²) in [5, 5.41) is 2.73. The minimum Gasteiger partial charge on any atom is -0.480 e. The first-order valence-corrected chi connectivity index (χ1v) is 6.49. The molecule has 21 heavy (non-hydrogen) atoms. The zero-order chi connectivity index (χ0) is 15.2. The Morgan fingerprint density at radius 3 is 2.33 bits per heavy atom. The highest BCUT2D eigenvalue weighted by molar-refractivity contribution is 5.96. The van der Waals surface area contributed by atoms with E-state index in [1.54, 1.807) is 43.3 Å². The molecule has 5 heteroatoms. The second-order valence-electron chi connectivity index (χ2n) is 4.48. The number of benzene rings is 2. The Morgan fingerprint density at radius 2 is 1.67 bits per heavy atom. The summed E-state index contributed by atoms with van der Waals surface area (Å²) in [5.41, 5.74) is 6.20. The summed E-state index contributed by atoms with van der Waals surface area (Å²) >= 11 is 0. The molecule has 0 fully saturated rings. The summed E-state index contributed by atoms with van der Waals surface area (Å²) < 4.78 is 5.53. The predicted molar refractivity (Wildman–Crippen MR) is 80.1 cm³/mol. The fourth-order valence-corrected chi connectivity index (χ4v) is 1.78. The van der Waals surface area contributed by atoms with Gasteiger partial charge in [-0.2, -0.15) is 0 Å². The van der Waals surface area contributed by atoms with Crippen LogP contribution in [0.2, 0.25) is 0 Å². The summed E-state index contributed by atoms with van der Waals surface area (Å²) in [5.74, 6) is -0.609. The normalized spacial score (nSPS) is 11.5. The molecular formula is C16H16N2O3. The van der Waals surface area contributed by atoms with E-state index in [0.717, 1.165) is 0 Å². The van der Waals surface area contributed by atoms with Crippen LogP contribution in [-0.4, -0.2) is 17.9 Å². The summed E-state index contributed by atoms with van der Waals surface area (Å²) in [4.78, 5) is 23.4. The molecule has 2 aromatic carbocycles. The van der Waals surface area contributed by atoms with E-state index in [-0.39, 0.29) is 11.5 Å². The Labute approximate surface area is 122 Å². The molecule has 1 atom stereocenters. The predicted octanol–water partition coefficient (Wildman–Crippen LogP) is 2.19. The molecular weight excluding hydrogens is 268 g/mol. The van der Waals surface area contributed by atoms with Crippen molar-refractivity contribution in [3.05, 3.63) is 60.2 Å². The maximum atomic E-state index is 12.0. The monoisotopic (exact) mass is 284 g/mol. The van der Waals surface area contributed by atoms with Gasteiger partial charge >= 0.3 is 0 Å². The molecule has 0 aromatic heterocycles. The van der Waals surface area contributed by atoms with Crippen molar-refractivity contribution < 1.29 is 14.3 Å². The zero-order valence-electron chi connectivity index (χ0n) is 11.6. The van der Waals surface area contributed by atoms with Gasteiger partial charge in [-0.1, -0.05) is 30.3 Å². The maximum absolute atomic E-state index is 12.0. The van der Waals surface area contributed by atoms with Gasteiger partial charge in [0.2, 0.25) is 0 Å². The standard InChI is InChI=1S/C16H16N2O3/c1-11(16(20)18-12-7-3-2-4-8-12)21-14-10-6-5-9-13(14)15(17)19/h2-11H,1H3,(H2,17,19)(H,18,20). The number of ether oxygens (including phenoxy) is 1. The molecule has 5 nitrogen and oxygen atoms in total. The van der Waals surface area contributed by atoms with Crippen LogP contribution in [-0.2, 0) is 4.79 Å². The van der Waals surface area contributed by atoms with Gasteiger partial charge in [-0.25, -0.2) is 0 Å². The van der Waals surface area contributed by atoms with Crippen molar-refractivity contribution in [3.8, 4) is 5.75 Å². The van der Waals surface area contributed by atoms with E-state index in [4.69, 9.17) is 10.5 Å². The molecule has 0 spiro atoms. The Bertz CT molecular complexity index is 641. The van der Waals surface area contributed by atoms with E-state index in [1.807, 2.05) is 18.2 Å². The van der Waals surface area contributed by atoms with Gasteiger partial charge in [0, 0.05) is 5.69 Å². The van der Waals surface area contributed by atoms with Gasteiger partial charge < -0.3 is 15.8 Å². The molecule has 0 aliphatic heterocycles. The van der Waals surface area contributed by atoms with Crippen LogP contribution < -0.4 is 15.8 Å². The van der Waals surface area contributed by atoms with Gasteiger partial charge in [-0.15, -0.1) is 0 Å². The lowest BCUT2D eigenvalue weighted by atomic mass is 10.2. The van der Waals surface area contributed by atoms with E-state index in [0.29, 0.717) is 11.4 Å². The number of para-hydroxylation sites is 2. The molecule has 0 bridgehead atoms. The van der Waals surface area contributed by atoms with Crippen LogP contribution in [0.15, 0.2) is 54.6 Å². The molecule has 2 rings (SSSR count). The van der Waals surface area contributed by atoms with Gasteiger partial charge in [0.15, 0.2) is 6.10 Å². The molecule has 0 aliphatic carbocycles. The molecule has 2 aromatic rings. The third-order valence-electron chi connectivity index (χ3n) is 2.87. The average molecular weight is 284 g/mol. The maximum Gasteiger partial charge on any atom is 0.265 e. The Balaban J connectivity index is 2.06. The SMILES string of the molecule is CC(Oc1ccccc1C(N)=O)C(=O)Nc1ccccc1. The molecule has 0 aliphatic rings. The van der Waals surface area contributed by atoms with Gasteiger partial charge in [0.1, 0.15) is 5.75 Å². The number of rotatable bonds is 5. The van der Waals surface area contributed by atoms with E-state index in [9.17, 15) is 9.59 Å². The van der Waals surface area contributed by atoms with Crippen LogP contribution in [0.1, 0.15) is 17.3 Å². The van der Waals surface area contributed by atoms with Gasteiger partial charge in [-0.3, -0.25) is 9.59 Å². The molecule has 2 amide bonds. The quantitative estimate of drug-likeness (QED) is 0.883. The van der Waals surface area contributed by atoms with E-state index < -0.39 is 12.0 Å². The lowest BCUT2D eigenvalue weighted by molar-refractivity contribution is -0.122. The van der Waals surface area contributed by atoms with Crippen LogP contribution in [0, 0.1) is 0 Å². The van der Waals surface area contributed by atoms with Crippen molar-refractivity contribution in [3.63, 3.8) is 0 Å². The number of nitrogens with two attached hydrogens (primary N) is 1. The summed E-state index contributed by atoms with van der Waals surface area (Å²) in [6.45, 7) is 1.61. The molecule has 0 saturated heterocycles. The van der Waals surface area contributed by atoms with Crippen LogP contribution in [0.3, 0.4) is 0 Å². The minimum atomic E-state index is -0.759. The molecule has 3 N–H and O–H groups in total. The van der Waals surface area contributed by atoms with Crippen molar-refractivity contribution in [1.29, 1.82) is 0 Å². The second kappa shape index (κ2) is 6.56. The van der Waals surface area contributed by atoms with Crippen LogP contribution >= 0.6 is 0 Å². The minimum absolute atomic E-state index is 0.247. The topological polar surface area (TPSA) is 81.4 Å². The molecule has 0 saturated carbocycles. The van der Waals surface area contributed by atoms with Crippen molar-refractivity contribution >= 4 is 17.5 Å². The number of primary amides is 1. The largest absolute Gasteiger partial charge is 0.480 e. The number of amides is 2. The van der Waals surface area contributed by atoms with Crippen LogP contribution in [0.5, 0.6) is 5.75 Å². The number of anilines is 1. The van der Waals surface area contributed by atoms with E-state index in [2.05, 4.69) is 5.32 Å². The molecule has 0 heterocycles.